The van der Waals surface area contributed by atoms with Crippen LogP contribution in [-0.2, 0) is 13.0 Å². The maximum atomic E-state index is 12.8. The van der Waals surface area contributed by atoms with Gasteiger partial charge in [0.05, 0.1) is 10.9 Å². The van der Waals surface area contributed by atoms with Crippen LogP contribution in [-0.4, -0.2) is 12.0 Å². The van der Waals surface area contributed by atoms with Crippen LogP contribution in [0.5, 0.6) is 0 Å². The van der Waals surface area contributed by atoms with Gasteiger partial charge in [-0.15, -0.1) is 0 Å². The molecule has 39 heavy (non-hydrogen) atoms. The molecule has 6 aromatic rings. The number of aromatic nitrogens is 1. The number of nitrogens with zero attached hydrogens (tertiary/aromatic N) is 2. The van der Waals surface area contributed by atoms with Crippen LogP contribution in [0.2, 0.25) is 0 Å². The minimum absolute atomic E-state index is 0.327. The van der Waals surface area contributed by atoms with Crippen LogP contribution in [0.1, 0.15) is 16.7 Å². The van der Waals surface area contributed by atoms with Gasteiger partial charge in [-0.05, 0) is 70.1 Å². The zero-order chi connectivity index (χ0) is 26.3. The Balaban J connectivity index is 1.40. The Morgan fingerprint density at radius 3 is 2.33 bits per heavy atom. The zero-order valence-electron chi connectivity index (χ0n) is 21.6. The van der Waals surface area contributed by atoms with Crippen molar-refractivity contribution in [1.29, 1.82) is 0 Å². The molecule has 0 radical (unpaired) electrons. The fraction of sp³-hybridized carbons (Fsp3) is 0.0857. The molecule has 7 rings (SSSR count). The van der Waals surface area contributed by atoms with Crippen LogP contribution >= 0.6 is 0 Å². The first-order valence-corrected chi connectivity index (χ1v) is 13.2. The molecule has 0 bridgehead atoms. The third kappa shape index (κ3) is 4.11. The molecule has 0 aliphatic heterocycles. The standard InChI is InChI=1S/C35H26N2O2/c1-37(22-23-10-3-2-4-11-23)33-19-18-25(34-36-32-17-8-7-14-29(32)35(38)39-34)21-31(33)28-16-9-15-27-26-13-6-5-12-24(26)20-30(27)28/h2-19,21H,20,22H2,1H3. The lowest BCUT2D eigenvalue weighted by molar-refractivity contribution is 0.518. The Hall–Kier alpha value is -4.96. The Labute approximate surface area is 226 Å². The van der Waals surface area contributed by atoms with Crippen molar-refractivity contribution in [2.75, 3.05) is 11.9 Å². The SMILES string of the molecule is CN(Cc1ccccc1)c1ccc(-c2nc3ccccc3c(=O)o2)cc1-c1cccc2c1Cc1ccccc1-2. The molecular weight excluding hydrogens is 480 g/mol. The lowest BCUT2D eigenvalue weighted by atomic mass is 9.93. The Kier molecular flexibility index (Phi) is 5.59. The van der Waals surface area contributed by atoms with Gasteiger partial charge in [0.25, 0.3) is 0 Å². The van der Waals surface area contributed by atoms with Crippen LogP contribution in [0.4, 0.5) is 5.69 Å². The first kappa shape index (κ1) is 23.2. The van der Waals surface area contributed by atoms with E-state index >= 15 is 0 Å². The molecule has 0 N–H and O–H groups in total. The zero-order valence-corrected chi connectivity index (χ0v) is 21.6. The number of fused-ring (bicyclic) bond motifs is 4. The number of hydrogen-bond acceptors (Lipinski definition) is 4. The predicted octanol–water partition coefficient (Wildman–Crippen LogP) is 7.73. The second kappa shape index (κ2) is 9.41. The molecule has 0 spiro atoms. The largest absolute Gasteiger partial charge is 0.403 e. The van der Waals surface area contributed by atoms with E-state index in [9.17, 15) is 4.79 Å². The van der Waals surface area contributed by atoms with Crippen LogP contribution in [0.3, 0.4) is 0 Å². The molecule has 1 aliphatic rings. The summed E-state index contributed by atoms with van der Waals surface area (Å²) < 4.78 is 5.73. The van der Waals surface area contributed by atoms with E-state index in [0.29, 0.717) is 16.8 Å². The number of hydrogen-bond donors (Lipinski definition) is 0. The van der Waals surface area contributed by atoms with Crippen molar-refractivity contribution in [3.63, 3.8) is 0 Å². The summed E-state index contributed by atoms with van der Waals surface area (Å²) in [6.45, 7) is 0.770. The molecule has 0 amide bonds. The van der Waals surface area contributed by atoms with E-state index in [4.69, 9.17) is 9.40 Å². The molecule has 1 heterocycles. The molecule has 0 unspecified atom stereocenters. The molecule has 4 heteroatoms. The van der Waals surface area contributed by atoms with Gasteiger partial charge in [-0.1, -0.05) is 84.9 Å². The second-order valence-corrected chi connectivity index (χ2v) is 10.1. The van der Waals surface area contributed by atoms with Gasteiger partial charge in [-0.2, -0.15) is 0 Å². The molecule has 0 atom stereocenters. The summed E-state index contributed by atoms with van der Waals surface area (Å²) in [6, 6.07) is 39.2. The molecule has 4 nitrogen and oxygen atoms in total. The highest BCUT2D eigenvalue weighted by atomic mass is 16.4. The van der Waals surface area contributed by atoms with Gasteiger partial charge in [-0.3, -0.25) is 0 Å². The number of para-hydroxylation sites is 1. The summed E-state index contributed by atoms with van der Waals surface area (Å²) in [4.78, 5) is 19.8. The molecule has 5 aromatic carbocycles. The van der Waals surface area contributed by atoms with E-state index in [1.54, 1.807) is 6.07 Å². The Bertz CT molecular complexity index is 1910. The van der Waals surface area contributed by atoms with Crippen molar-refractivity contribution >= 4 is 16.6 Å². The van der Waals surface area contributed by atoms with Gasteiger partial charge < -0.3 is 9.32 Å². The van der Waals surface area contributed by atoms with Crippen molar-refractivity contribution in [3.8, 4) is 33.7 Å². The smallest absolute Gasteiger partial charge is 0.347 e. The molecule has 1 aromatic heterocycles. The van der Waals surface area contributed by atoms with E-state index in [0.717, 1.165) is 29.8 Å². The number of rotatable bonds is 5. The summed E-state index contributed by atoms with van der Waals surface area (Å²) in [6.07, 6.45) is 0.886. The summed E-state index contributed by atoms with van der Waals surface area (Å²) in [5.74, 6) is 0.327. The fourth-order valence-corrected chi connectivity index (χ4v) is 5.71. The first-order valence-electron chi connectivity index (χ1n) is 13.2. The minimum atomic E-state index is -0.376. The number of benzene rings is 5. The van der Waals surface area contributed by atoms with E-state index in [1.807, 2.05) is 30.3 Å². The van der Waals surface area contributed by atoms with Gasteiger partial charge in [0.1, 0.15) is 0 Å². The summed E-state index contributed by atoms with van der Waals surface area (Å²) in [5.41, 5.74) is 10.9. The van der Waals surface area contributed by atoms with E-state index in [-0.39, 0.29) is 5.63 Å². The van der Waals surface area contributed by atoms with Crippen LogP contribution in [0.15, 0.2) is 124 Å². The Morgan fingerprint density at radius 1 is 0.744 bits per heavy atom. The van der Waals surface area contributed by atoms with Gasteiger partial charge >= 0.3 is 5.63 Å². The Morgan fingerprint density at radius 2 is 1.46 bits per heavy atom. The third-order valence-electron chi connectivity index (χ3n) is 7.59. The number of anilines is 1. The summed E-state index contributed by atoms with van der Waals surface area (Å²) in [5, 5.41) is 0.485. The minimum Gasteiger partial charge on any atom is -0.403 e. The molecule has 1 aliphatic carbocycles. The summed E-state index contributed by atoms with van der Waals surface area (Å²) in [7, 11) is 2.12. The van der Waals surface area contributed by atoms with Crippen molar-refractivity contribution in [3.05, 3.63) is 142 Å². The van der Waals surface area contributed by atoms with E-state index < -0.39 is 0 Å². The van der Waals surface area contributed by atoms with Crippen molar-refractivity contribution in [2.24, 2.45) is 0 Å². The monoisotopic (exact) mass is 506 g/mol. The van der Waals surface area contributed by atoms with Crippen molar-refractivity contribution in [2.45, 2.75) is 13.0 Å². The van der Waals surface area contributed by atoms with Gasteiger partial charge in [0.2, 0.25) is 5.89 Å². The van der Waals surface area contributed by atoms with Gasteiger partial charge in [0.15, 0.2) is 0 Å². The molecular formula is C35H26N2O2. The lowest BCUT2D eigenvalue weighted by Gasteiger charge is -2.24. The predicted molar refractivity (Wildman–Crippen MR) is 158 cm³/mol. The van der Waals surface area contributed by atoms with Gasteiger partial charge in [-0.25, -0.2) is 9.78 Å². The fourth-order valence-electron chi connectivity index (χ4n) is 5.71. The lowest BCUT2D eigenvalue weighted by Crippen LogP contribution is -2.17. The highest BCUT2D eigenvalue weighted by molar-refractivity contribution is 5.90. The van der Waals surface area contributed by atoms with Crippen molar-refractivity contribution < 1.29 is 4.42 Å². The molecule has 0 saturated carbocycles. The maximum absolute atomic E-state index is 12.8. The van der Waals surface area contributed by atoms with Crippen LogP contribution < -0.4 is 10.5 Å². The van der Waals surface area contributed by atoms with E-state index in [2.05, 4.69) is 90.8 Å². The molecule has 0 saturated heterocycles. The van der Waals surface area contributed by atoms with Crippen LogP contribution in [0.25, 0.3) is 44.6 Å². The average molecular weight is 507 g/mol. The van der Waals surface area contributed by atoms with Crippen LogP contribution in [0, 0.1) is 0 Å². The van der Waals surface area contributed by atoms with Gasteiger partial charge in [0, 0.05) is 30.4 Å². The maximum Gasteiger partial charge on any atom is 0.347 e. The topological polar surface area (TPSA) is 46.3 Å². The molecule has 188 valence electrons. The average Bonchev–Trinajstić information content (AvgIpc) is 3.36. The van der Waals surface area contributed by atoms with E-state index in [1.165, 1.54) is 33.4 Å². The van der Waals surface area contributed by atoms with Crippen molar-refractivity contribution in [1.82, 2.24) is 4.98 Å². The normalized spacial score (nSPS) is 11.8. The highest BCUT2D eigenvalue weighted by Crippen LogP contribution is 2.44. The quantitative estimate of drug-likeness (QED) is 0.240. The first-order chi connectivity index (χ1) is 19.2. The highest BCUT2D eigenvalue weighted by Gasteiger charge is 2.23. The third-order valence-corrected chi connectivity index (χ3v) is 7.59. The summed E-state index contributed by atoms with van der Waals surface area (Å²) >= 11 is 0. The molecule has 0 fully saturated rings. The second-order valence-electron chi connectivity index (χ2n) is 10.1.